The highest BCUT2D eigenvalue weighted by Gasteiger charge is 2.27. The number of carboxylic acids is 1. The molecule has 7 N–H and O–H groups in total. The monoisotopic (exact) mass is 927 g/mol. The number of thioether (sulfide) groups is 1. The molecule has 0 bridgehead atoms. The van der Waals surface area contributed by atoms with Gasteiger partial charge in [-0.25, -0.2) is 4.57 Å². The maximum Gasteiger partial charge on any atom is 0.472 e. The van der Waals surface area contributed by atoms with E-state index < -0.39 is 62.4 Å². The van der Waals surface area contributed by atoms with E-state index in [1.807, 2.05) is 24.3 Å². The highest BCUT2D eigenvalue weighted by Crippen LogP contribution is 2.43. The first-order valence-corrected chi connectivity index (χ1v) is 25.9. The molecule has 0 radical (unpaired) electrons. The molecule has 0 aliphatic rings. The van der Waals surface area contributed by atoms with Crippen LogP contribution < -0.4 is 11.5 Å². The van der Waals surface area contributed by atoms with Crippen LogP contribution in [0.2, 0.25) is 0 Å². The molecular weight excluding hydrogens is 844 g/mol. The van der Waals surface area contributed by atoms with E-state index in [0.717, 1.165) is 70.6 Å². The Morgan fingerprint density at radius 1 is 0.698 bits per heavy atom. The van der Waals surface area contributed by atoms with Crippen LogP contribution in [-0.4, -0.2) is 88.6 Å². The first-order valence-electron chi connectivity index (χ1n) is 23.4. The molecule has 0 saturated carbocycles. The lowest BCUT2D eigenvalue weighted by atomic mass is 10.1. The van der Waals surface area contributed by atoms with E-state index in [1.54, 1.807) is 12.2 Å². The van der Waals surface area contributed by atoms with Gasteiger partial charge in [0.15, 0.2) is 6.10 Å². The largest absolute Gasteiger partial charge is 0.481 e. The number of esters is 2. The smallest absolute Gasteiger partial charge is 0.472 e. The number of allylic oxidation sites excluding steroid dienone is 11. The number of rotatable bonds is 43. The number of hydrogen-bond donors (Lipinski definition) is 5. The molecule has 0 saturated heterocycles. The number of ether oxygens (including phenoxy) is 2. The lowest BCUT2D eigenvalue weighted by Gasteiger charge is -2.22. The van der Waals surface area contributed by atoms with Crippen molar-refractivity contribution in [2.75, 3.05) is 32.1 Å². The number of aliphatic hydroxyl groups is 1. The number of aliphatic carboxylic acids is 1. The van der Waals surface area contributed by atoms with Gasteiger partial charge in [-0.3, -0.25) is 23.4 Å². The van der Waals surface area contributed by atoms with Crippen LogP contribution in [0.1, 0.15) is 155 Å². The summed E-state index contributed by atoms with van der Waals surface area (Å²) >= 11 is 1.22. The third kappa shape index (κ3) is 40.4. The van der Waals surface area contributed by atoms with E-state index >= 15 is 0 Å². The Morgan fingerprint density at radius 2 is 1.27 bits per heavy atom. The van der Waals surface area contributed by atoms with Gasteiger partial charge in [0.1, 0.15) is 12.6 Å². The summed E-state index contributed by atoms with van der Waals surface area (Å²) in [5.74, 6) is -2.29. The van der Waals surface area contributed by atoms with Crippen LogP contribution in [0.25, 0.3) is 0 Å². The van der Waals surface area contributed by atoms with Crippen molar-refractivity contribution in [3.05, 3.63) is 72.9 Å². The van der Waals surface area contributed by atoms with E-state index in [1.165, 1.54) is 50.3 Å². The van der Waals surface area contributed by atoms with Gasteiger partial charge in [0.2, 0.25) is 0 Å². The minimum Gasteiger partial charge on any atom is -0.481 e. The molecule has 0 aromatic carbocycles. The molecule has 0 aromatic heterocycles. The molecule has 15 heteroatoms. The van der Waals surface area contributed by atoms with Crippen molar-refractivity contribution in [1.29, 1.82) is 0 Å². The summed E-state index contributed by atoms with van der Waals surface area (Å²) in [6.45, 7) is 3.08. The molecule has 0 rings (SSSR count). The van der Waals surface area contributed by atoms with Gasteiger partial charge in [0.25, 0.3) is 0 Å². The summed E-state index contributed by atoms with van der Waals surface area (Å²) in [6.07, 6.45) is 42.5. The van der Waals surface area contributed by atoms with Crippen molar-refractivity contribution in [2.24, 2.45) is 11.5 Å². The Balaban J connectivity index is 5.02. The van der Waals surface area contributed by atoms with Crippen molar-refractivity contribution in [3.8, 4) is 0 Å². The van der Waals surface area contributed by atoms with E-state index in [2.05, 4.69) is 50.3 Å². The summed E-state index contributed by atoms with van der Waals surface area (Å²) in [4.78, 5) is 46.7. The molecule has 5 atom stereocenters. The van der Waals surface area contributed by atoms with Gasteiger partial charge >= 0.3 is 25.7 Å². The number of unbranched alkanes of at least 4 members (excludes halogenated alkanes) is 13. The third-order valence-electron chi connectivity index (χ3n) is 9.56. The lowest BCUT2D eigenvalue weighted by molar-refractivity contribution is -0.161. The SMILES string of the molecule is CCCCC/C=C\C\C=C/C=C/C=C/[C@@H](SC[C@H](N)C(=O)OC[C@H](COP(=O)(O)OCCN)OC(=O)CCCCCCCCC/C=C\C/C=C\CCCCC)[C@@H](O)CCCC(=O)O. The lowest BCUT2D eigenvalue weighted by Crippen LogP contribution is -2.38. The number of nitrogens with two attached hydrogens (primary N) is 2. The zero-order valence-corrected chi connectivity index (χ0v) is 40.2. The molecule has 1 unspecified atom stereocenters. The third-order valence-corrected chi connectivity index (χ3v) is 12.0. The van der Waals surface area contributed by atoms with Crippen LogP contribution in [0, 0.1) is 0 Å². The zero-order valence-electron chi connectivity index (χ0n) is 38.4. The number of carbonyl (C=O) groups excluding carboxylic acids is 2. The number of phosphoric acid groups is 1. The highest BCUT2D eigenvalue weighted by molar-refractivity contribution is 8.00. The maximum atomic E-state index is 13.0. The first kappa shape index (κ1) is 60.2. The van der Waals surface area contributed by atoms with E-state index in [4.69, 9.17) is 35.1 Å². The number of phosphoric ester groups is 1. The molecule has 0 heterocycles. The minimum absolute atomic E-state index is 0.0179. The second-order valence-electron chi connectivity index (χ2n) is 15.5. The average molecular weight is 927 g/mol. The first-order chi connectivity index (χ1) is 30.4. The van der Waals surface area contributed by atoms with Gasteiger partial charge in [0, 0.05) is 30.4 Å². The van der Waals surface area contributed by atoms with E-state index in [-0.39, 0.29) is 44.6 Å². The predicted octanol–water partition coefficient (Wildman–Crippen LogP) is 10.4. The molecule has 0 amide bonds. The van der Waals surface area contributed by atoms with Crippen molar-refractivity contribution in [1.82, 2.24) is 0 Å². The Bertz CT molecular complexity index is 1390. The fourth-order valence-electron chi connectivity index (χ4n) is 5.93. The van der Waals surface area contributed by atoms with Crippen molar-refractivity contribution >= 4 is 37.5 Å². The van der Waals surface area contributed by atoms with Crippen molar-refractivity contribution < 1.29 is 52.6 Å². The van der Waals surface area contributed by atoms with Crippen LogP contribution in [0.15, 0.2) is 72.9 Å². The molecule has 13 nitrogen and oxygen atoms in total. The highest BCUT2D eigenvalue weighted by atomic mass is 32.2. The Hall–Kier alpha value is -2.81. The Kier molecular flexibility index (Phi) is 41.2. The van der Waals surface area contributed by atoms with Crippen LogP contribution >= 0.6 is 19.6 Å². The molecule has 0 spiro atoms. The summed E-state index contributed by atoms with van der Waals surface area (Å²) in [5.41, 5.74) is 11.5. The van der Waals surface area contributed by atoms with Crippen LogP contribution in [0.3, 0.4) is 0 Å². The predicted molar refractivity (Wildman–Crippen MR) is 257 cm³/mol. The second-order valence-corrected chi connectivity index (χ2v) is 18.1. The molecule has 0 fully saturated rings. The number of hydrogen-bond acceptors (Lipinski definition) is 12. The fraction of sp³-hybridized carbons (Fsp3) is 0.688. The molecular formula is C48H83N2O11PS. The number of aliphatic hydroxyl groups excluding tert-OH is 1. The van der Waals surface area contributed by atoms with Gasteiger partial charge in [-0.1, -0.05) is 145 Å². The summed E-state index contributed by atoms with van der Waals surface area (Å²) in [7, 11) is -4.52. The van der Waals surface area contributed by atoms with Gasteiger partial charge in [-0.2, -0.15) is 0 Å². The molecule has 0 aliphatic carbocycles. The van der Waals surface area contributed by atoms with Gasteiger partial charge in [0.05, 0.1) is 19.3 Å². The minimum atomic E-state index is -4.52. The number of carboxylic acid groups (broad SMARTS) is 1. The quantitative estimate of drug-likeness (QED) is 0.0126. The van der Waals surface area contributed by atoms with E-state index in [9.17, 15) is 28.9 Å². The van der Waals surface area contributed by atoms with Gasteiger partial charge in [-0.15, -0.1) is 11.8 Å². The molecule has 63 heavy (non-hydrogen) atoms. The summed E-state index contributed by atoms with van der Waals surface area (Å²) in [6, 6.07) is -1.14. The normalized spacial score (nSPS) is 15.3. The zero-order chi connectivity index (χ0) is 46.7. The van der Waals surface area contributed by atoms with Crippen LogP contribution in [0.5, 0.6) is 0 Å². The second kappa shape index (κ2) is 43.1. The molecule has 0 aromatic rings. The topological polar surface area (TPSA) is 218 Å². The van der Waals surface area contributed by atoms with Gasteiger partial charge < -0.3 is 36.0 Å². The van der Waals surface area contributed by atoms with Gasteiger partial charge in [-0.05, 0) is 70.6 Å². The Morgan fingerprint density at radius 3 is 1.87 bits per heavy atom. The maximum absolute atomic E-state index is 13.0. The van der Waals surface area contributed by atoms with E-state index in [0.29, 0.717) is 6.42 Å². The summed E-state index contributed by atoms with van der Waals surface area (Å²) < 4.78 is 32.9. The number of carbonyl (C=O) groups is 3. The fourth-order valence-corrected chi connectivity index (χ4v) is 7.82. The van der Waals surface area contributed by atoms with Crippen molar-refractivity contribution in [3.63, 3.8) is 0 Å². The van der Waals surface area contributed by atoms with Crippen molar-refractivity contribution in [2.45, 2.75) is 179 Å². The summed E-state index contributed by atoms with van der Waals surface area (Å²) in [5, 5.41) is 19.4. The molecule has 0 aliphatic heterocycles. The molecule has 362 valence electrons. The van der Waals surface area contributed by atoms with Crippen LogP contribution in [-0.2, 0) is 37.5 Å². The Labute approximate surface area is 383 Å². The average Bonchev–Trinajstić information content (AvgIpc) is 3.25. The standard InChI is InChI=1S/C48H83N2O11PS/c1-3-5-7-9-11-13-15-17-18-19-20-21-23-25-27-29-31-36-47(54)61-42(40-60-62(56,57)59-38-37-49)39-58-48(55)43(50)41-63-45(44(51)33-32-35-46(52)53)34-30-28-26-24-22-16-14-12-10-8-6-4-2/h11-14,17-18,22,24,26,28,30,34,42-45,51H,3-10,15-16,19-21,23,25,27,29,31-33,35-41,49-50H2,1-2H3,(H,52,53)(H,56,57)/b13-11-,14-12-,18-17-,24-22-,28-26+,34-30+/t42-,43+,44+,45-/m1/s1. The van der Waals surface area contributed by atoms with Crippen LogP contribution in [0.4, 0.5) is 0 Å².